The van der Waals surface area contributed by atoms with E-state index in [1.807, 2.05) is 56.3 Å². The summed E-state index contributed by atoms with van der Waals surface area (Å²) in [5.74, 6) is 0.621. The third-order valence-electron chi connectivity index (χ3n) is 3.33. The van der Waals surface area contributed by atoms with Gasteiger partial charge in [0.1, 0.15) is 5.75 Å². The molecule has 0 saturated heterocycles. The fraction of sp³-hybridized carbons (Fsp3) is 0.294. The lowest BCUT2D eigenvalue weighted by Gasteiger charge is -2.19. The Morgan fingerprint density at radius 1 is 1.10 bits per heavy atom. The first-order valence-electron chi connectivity index (χ1n) is 7.11. The van der Waals surface area contributed by atoms with Gasteiger partial charge in [-0.25, -0.2) is 0 Å². The third kappa shape index (κ3) is 4.37. The fourth-order valence-electron chi connectivity index (χ4n) is 2.09. The molecule has 1 atom stereocenters. The van der Waals surface area contributed by atoms with Crippen molar-refractivity contribution in [1.29, 1.82) is 0 Å². The van der Waals surface area contributed by atoms with Gasteiger partial charge >= 0.3 is 7.52 Å². The average molecular weight is 303 g/mol. The van der Waals surface area contributed by atoms with E-state index in [0.717, 1.165) is 23.2 Å². The lowest BCUT2D eigenvalue weighted by molar-refractivity contribution is 0.493. The second kappa shape index (κ2) is 6.36. The largest absolute Gasteiger partial charge is 0.429 e. The van der Waals surface area contributed by atoms with Crippen molar-refractivity contribution >= 4 is 13.2 Å². The standard InChI is InChI=1S/C17H22NO2P/c1-5-15-8-10-16(11-9-15)20-21(4,19)18-17-12-13(2)6-7-14(17)3/h6-12H,5H2,1-4H3,(H,18,19)/t21-/m1/s1. The van der Waals surface area contributed by atoms with E-state index in [9.17, 15) is 4.57 Å². The first-order chi connectivity index (χ1) is 9.89. The van der Waals surface area contributed by atoms with Gasteiger partial charge < -0.3 is 9.61 Å². The molecule has 1 N–H and O–H groups in total. The summed E-state index contributed by atoms with van der Waals surface area (Å²) in [4.78, 5) is 0. The topological polar surface area (TPSA) is 38.3 Å². The van der Waals surface area contributed by atoms with Crippen LogP contribution in [0.4, 0.5) is 5.69 Å². The van der Waals surface area contributed by atoms with Gasteiger partial charge in [-0.3, -0.25) is 4.57 Å². The Hall–Kier alpha value is -1.73. The van der Waals surface area contributed by atoms with Crippen LogP contribution in [0, 0.1) is 13.8 Å². The van der Waals surface area contributed by atoms with Gasteiger partial charge in [0.15, 0.2) is 0 Å². The van der Waals surface area contributed by atoms with Crippen molar-refractivity contribution in [2.45, 2.75) is 27.2 Å². The lowest BCUT2D eigenvalue weighted by Crippen LogP contribution is -2.03. The molecule has 0 spiro atoms. The van der Waals surface area contributed by atoms with Crippen molar-refractivity contribution in [3.8, 4) is 5.75 Å². The Kier molecular flexibility index (Phi) is 4.74. The summed E-state index contributed by atoms with van der Waals surface area (Å²) in [7, 11) is -2.96. The van der Waals surface area contributed by atoms with Crippen LogP contribution in [0.2, 0.25) is 0 Å². The van der Waals surface area contributed by atoms with E-state index in [2.05, 4.69) is 12.0 Å². The van der Waals surface area contributed by atoms with Crippen molar-refractivity contribution in [2.75, 3.05) is 11.8 Å². The van der Waals surface area contributed by atoms with Crippen molar-refractivity contribution in [3.63, 3.8) is 0 Å². The van der Waals surface area contributed by atoms with Crippen LogP contribution in [0.25, 0.3) is 0 Å². The van der Waals surface area contributed by atoms with Crippen molar-refractivity contribution in [2.24, 2.45) is 0 Å². The molecule has 3 nitrogen and oxygen atoms in total. The van der Waals surface area contributed by atoms with Crippen LogP contribution in [0.5, 0.6) is 5.75 Å². The van der Waals surface area contributed by atoms with Crippen LogP contribution in [0.15, 0.2) is 42.5 Å². The zero-order valence-electron chi connectivity index (χ0n) is 13.0. The minimum Gasteiger partial charge on any atom is -0.429 e. The molecule has 0 amide bonds. The summed E-state index contributed by atoms with van der Waals surface area (Å²) in [5, 5.41) is 3.04. The molecule has 0 radical (unpaired) electrons. The molecule has 0 aromatic heterocycles. The summed E-state index contributed by atoms with van der Waals surface area (Å²) >= 11 is 0. The quantitative estimate of drug-likeness (QED) is 0.773. The lowest BCUT2D eigenvalue weighted by atomic mass is 10.1. The summed E-state index contributed by atoms with van der Waals surface area (Å²) in [6, 6.07) is 13.7. The second-order valence-corrected chi connectivity index (χ2v) is 7.46. The van der Waals surface area contributed by atoms with Crippen molar-refractivity contribution in [3.05, 3.63) is 59.2 Å². The molecule has 0 heterocycles. The maximum atomic E-state index is 12.6. The smallest absolute Gasteiger partial charge is 0.338 e. The molecule has 112 valence electrons. The van der Waals surface area contributed by atoms with Crippen LogP contribution in [0.3, 0.4) is 0 Å². The monoisotopic (exact) mass is 303 g/mol. The van der Waals surface area contributed by atoms with Gasteiger partial charge in [-0.15, -0.1) is 0 Å². The van der Waals surface area contributed by atoms with Crippen LogP contribution < -0.4 is 9.61 Å². The number of anilines is 1. The summed E-state index contributed by atoms with van der Waals surface area (Å²) in [6.07, 6.45) is 0.977. The molecular weight excluding hydrogens is 281 g/mol. The zero-order valence-corrected chi connectivity index (χ0v) is 13.9. The molecule has 2 rings (SSSR count). The Labute approximate surface area is 126 Å². The maximum Gasteiger partial charge on any atom is 0.338 e. The molecule has 0 saturated carbocycles. The molecule has 2 aromatic carbocycles. The predicted molar refractivity (Wildman–Crippen MR) is 89.5 cm³/mol. The molecule has 0 aliphatic carbocycles. The van der Waals surface area contributed by atoms with Crippen LogP contribution in [-0.4, -0.2) is 6.66 Å². The molecule has 21 heavy (non-hydrogen) atoms. The summed E-state index contributed by atoms with van der Waals surface area (Å²) in [6.45, 7) is 7.69. The number of benzene rings is 2. The van der Waals surface area contributed by atoms with E-state index in [1.165, 1.54) is 5.56 Å². The van der Waals surface area contributed by atoms with E-state index < -0.39 is 7.52 Å². The highest BCUT2D eigenvalue weighted by atomic mass is 31.2. The third-order valence-corrected chi connectivity index (χ3v) is 4.53. The highest BCUT2D eigenvalue weighted by Crippen LogP contribution is 2.44. The van der Waals surface area contributed by atoms with Gasteiger partial charge in [-0.2, -0.15) is 0 Å². The van der Waals surface area contributed by atoms with Gasteiger partial charge in [-0.05, 0) is 55.2 Å². The van der Waals surface area contributed by atoms with E-state index in [4.69, 9.17) is 4.52 Å². The molecule has 2 aromatic rings. The van der Waals surface area contributed by atoms with E-state index >= 15 is 0 Å². The van der Waals surface area contributed by atoms with Crippen LogP contribution >= 0.6 is 7.52 Å². The Morgan fingerprint density at radius 3 is 2.38 bits per heavy atom. The van der Waals surface area contributed by atoms with E-state index in [1.54, 1.807) is 6.66 Å². The first kappa shape index (κ1) is 15.7. The van der Waals surface area contributed by atoms with Gasteiger partial charge in [0.2, 0.25) is 0 Å². The Bertz CT molecular complexity index is 665. The fourth-order valence-corrected chi connectivity index (χ4v) is 3.33. The minimum absolute atomic E-state index is 0.621. The molecular formula is C17H22NO2P. The Morgan fingerprint density at radius 2 is 1.76 bits per heavy atom. The van der Waals surface area contributed by atoms with Gasteiger partial charge in [0.25, 0.3) is 0 Å². The number of hydrogen-bond acceptors (Lipinski definition) is 2. The first-order valence-corrected chi connectivity index (χ1v) is 9.18. The molecule has 0 unspecified atom stereocenters. The molecule has 0 fully saturated rings. The number of nitrogens with one attached hydrogen (secondary N) is 1. The van der Waals surface area contributed by atoms with Crippen molar-refractivity contribution in [1.82, 2.24) is 0 Å². The molecule has 4 heteroatoms. The highest BCUT2D eigenvalue weighted by molar-refractivity contribution is 7.60. The van der Waals surface area contributed by atoms with Gasteiger partial charge in [0, 0.05) is 12.4 Å². The molecule has 0 aliphatic rings. The minimum atomic E-state index is -2.96. The maximum absolute atomic E-state index is 12.6. The van der Waals surface area contributed by atoms with E-state index in [0.29, 0.717) is 5.75 Å². The molecule has 0 aliphatic heterocycles. The SMILES string of the molecule is CCc1ccc(O[P@@](C)(=O)Nc2cc(C)ccc2C)cc1. The van der Waals surface area contributed by atoms with Gasteiger partial charge in [-0.1, -0.05) is 31.2 Å². The summed E-state index contributed by atoms with van der Waals surface area (Å²) < 4.78 is 18.3. The Balaban J connectivity index is 2.14. The van der Waals surface area contributed by atoms with Crippen LogP contribution in [0.1, 0.15) is 23.6 Å². The molecule has 0 bridgehead atoms. The van der Waals surface area contributed by atoms with Crippen molar-refractivity contribution < 1.29 is 9.09 Å². The van der Waals surface area contributed by atoms with Crippen LogP contribution in [-0.2, 0) is 11.0 Å². The van der Waals surface area contributed by atoms with Gasteiger partial charge in [0.05, 0.1) is 0 Å². The number of rotatable bonds is 5. The average Bonchev–Trinajstić information content (AvgIpc) is 2.43. The second-order valence-electron chi connectivity index (χ2n) is 5.36. The normalized spacial score (nSPS) is 13.5. The summed E-state index contributed by atoms with van der Waals surface area (Å²) in [5.41, 5.74) is 4.25. The highest BCUT2D eigenvalue weighted by Gasteiger charge is 2.18. The zero-order chi connectivity index (χ0) is 15.5. The number of hydrogen-bond donors (Lipinski definition) is 1. The number of aryl methyl sites for hydroxylation is 3. The van der Waals surface area contributed by atoms with E-state index in [-0.39, 0.29) is 0 Å². The predicted octanol–water partition coefficient (Wildman–Crippen LogP) is 5.18.